The third-order valence-corrected chi connectivity index (χ3v) is 4.40. The minimum absolute atomic E-state index is 0.0597. The predicted molar refractivity (Wildman–Crippen MR) is 96.1 cm³/mol. The van der Waals surface area contributed by atoms with Gasteiger partial charge in [-0.15, -0.1) is 10.2 Å². The topological polar surface area (TPSA) is 71.8 Å². The highest BCUT2D eigenvalue weighted by Crippen LogP contribution is 2.21. The maximum Gasteiger partial charge on any atom is 0.251 e. The van der Waals surface area contributed by atoms with Crippen molar-refractivity contribution in [1.82, 2.24) is 20.1 Å². The summed E-state index contributed by atoms with van der Waals surface area (Å²) in [6.07, 6.45) is 2.32. The number of nitrogens with one attached hydrogen (secondary N) is 2. The van der Waals surface area contributed by atoms with Crippen LogP contribution < -0.4 is 10.6 Å². The molecule has 0 saturated carbocycles. The molecule has 0 aliphatic heterocycles. The highest BCUT2D eigenvalue weighted by Gasteiger charge is 2.14. The van der Waals surface area contributed by atoms with Crippen LogP contribution in [0.25, 0.3) is 0 Å². The van der Waals surface area contributed by atoms with Gasteiger partial charge >= 0.3 is 0 Å². The van der Waals surface area contributed by atoms with Crippen molar-refractivity contribution in [3.8, 4) is 0 Å². The number of carbonyl (C=O) groups is 1. The average molecular weight is 329 g/mol. The van der Waals surface area contributed by atoms with Crippen molar-refractivity contribution < 1.29 is 4.79 Å². The van der Waals surface area contributed by atoms with Crippen LogP contribution in [0.15, 0.2) is 24.5 Å². The smallest absolute Gasteiger partial charge is 0.251 e. The molecule has 24 heavy (non-hydrogen) atoms. The summed E-state index contributed by atoms with van der Waals surface area (Å²) >= 11 is 0. The molecule has 1 heterocycles. The van der Waals surface area contributed by atoms with Crippen LogP contribution in [-0.2, 0) is 13.5 Å². The summed E-state index contributed by atoms with van der Waals surface area (Å²) in [5.74, 6) is 1.32. The maximum atomic E-state index is 12.5. The molecule has 6 heteroatoms. The van der Waals surface area contributed by atoms with Gasteiger partial charge < -0.3 is 15.2 Å². The first kappa shape index (κ1) is 18.0. The van der Waals surface area contributed by atoms with Gasteiger partial charge in [-0.05, 0) is 37.5 Å². The van der Waals surface area contributed by atoms with Gasteiger partial charge in [0.25, 0.3) is 5.91 Å². The van der Waals surface area contributed by atoms with E-state index in [1.54, 1.807) is 6.33 Å². The molecule has 6 nitrogen and oxygen atoms in total. The summed E-state index contributed by atoms with van der Waals surface area (Å²) in [5.41, 5.74) is 2.69. The lowest BCUT2D eigenvalue weighted by molar-refractivity contribution is 0.0953. The van der Waals surface area contributed by atoms with Crippen molar-refractivity contribution in [2.45, 2.75) is 40.2 Å². The molecule has 1 atom stereocenters. The van der Waals surface area contributed by atoms with Crippen LogP contribution in [0.5, 0.6) is 0 Å². The Morgan fingerprint density at radius 2 is 2.04 bits per heavy atom. The summed E-state index contributed by atoms with van der Waals surface area (Å²) in [7, 11) is 1.90. The van der Waals surface area contributed by atoms with E-state index in [4.69, 9.17) is 0 Å². The van der Waals surface area contributed by atoms with Crippen molar-refractivity contribution in [2.24, 2.45) is 13.0 Å². The van der Waals surface area contributed by atoms with Gasteiger partial charge in [-0.2, -0.15) is 0 Å². The Labute approximate surface area is 143 Å². The van der Waals surface area contributed by atoms with Gasteiger partial charge in [-0.25, -0.2) is 0 Å². The molecule has 0 radical (unpaired) electrons. The van der Waals surface area contributed by atoms with E-state index >= 15 is 0 Å². The van der Waals surface area contributed by atoms with Crippen LogP contribution in [0.3, 0.4) is 0 Å². The molecule has 2 rings (SSSR count). The van der Waals surface area contributed by atoms with Crippen molar-refractivity contribution in [2.75, 3.05) is 11.9 Å². The lowest BCUT2D eigenvalue weighted by atomic mass is 10.0. The van der Waals surface area contributed by atoms with Gasteiger partial charge in [0.15, 0.2) is 0 Å². The number of hydrogen-bond donors (Lipinski definition) is 2. The molecule has 0 bridgehead atoms. The van der Waals surface area contributed by atoms with Gasteiger partial charge in [0.1, 0.15) is 12.2 Å². The van der Waals surface area contributed by atoms with E-state index in [0.717, 1.165) is 17.1 Å². The van der Waals surface area contributed by atoms with Crippen molar-refractivity contribution in [1.29, 1.82) is 0 Å². The molecule has 0 aliphatic rings. The number of rotatable bonds is 7. The molecular weight excluding hydrogens is 302 g/mol. The predicted octanol–water partition coefficient (Wildman–Crippen LogP) is 2.55. The van der Waals surface area contributed by atoms with Crippen LogP contribution >= 0.6 is 0 Å². The summed E-state index contributed by atoms with van der Waals surface area (Å²) in [6, 6.07) is 6.14. The number of nitrogens with zero attached hydrogens (tertiary/aromatic N) is 3. The van der Waals surface area contributed by atoms with Gasteiger partial charge in [0.2, 0.25) is 0 Å². The highest BCUT2D eigenvalue weighted by molar-refractivity contribution is 5.97. The number of aryl methyl sites for hydroxylation is 1. The zero-order valence-electron chi connectivity index (χ0n) is 15.1. The molecule has 0 saturated heterocycles. The fourth-order valence-corrected chi connectivity index (χ4v) is 2.37. The first-order chi connectivity index (χ1) is 11.4. The van der Waals surface area contributed by atoms with Crippen LogP contribution in [0.4, 0.5) is 5.69 Å². The zero-order chi connectivity index (χ0) is 17.7. The van der Waals surface area contributed by atoms with E-state index < -0.39 is 0 Å². The monoisotopic (exact) mass is 329 g/mol. The molecule has 0 spiro atoms. The van der Waals surface area contributed by atoms with Crippen LogP contribution in [0, 0.1) is 12.8 Å². The number of aromatic nitrogens is 3. The number of hydrogen-bond acceptors (Lipinski definition) is 4. The quantitative estimate of drug-likeness (QED) is 0.819. The lowest BCUT2D eigenvalue weighted by Crippen LogP contribution is -2.28. The molecule has 0 aliphatic carbocycles. The number of anilines is 1. The van der Waals surface area contributed by atoms with Crippen molar-refractivity contribution in [3.05, 3.63) is 41.5 Å². The molecule has 2 aromatic rings. The molecule has 130 valence electrons. The summed E-state index contributed by atoms with van der Waals surface area (Å²) in [5, 5.41) is 14.3. The summed E-state index contributed by atoms with van der Waals surface area (Å²) in [6.45, 7) is 9.02. The number of amides is 1. The Balaban J connectivity index is 2.00. The van der Waals surface area contributed by atoms with Crippen LogP contribution in [0.1, 0.15) is 42.5 Å². The SMILES string of the molecule is Cc1c(N[C@H](C)C(C)C)cccc1C(=O)NCCc1nncn1C. The first-order valence-corrected chi connectivity index (χ1v) is 8.37. The standard InChI is InChI=1S/C18H27N5O/c1-12(2)14(4)21-16-8-6-7-15(13(16)3)18(24)19-10-9-17-22-20-11-23(17)5/h6-8,11-12,14,21H,9-10H2,1-5H3,(H,19,24)/t14-/m1/s1. The Kier molecular flexibility index (Phi) is 5.95. The van der Waals surface area contributed by atoms with Gasteiger partial charge in [-0.3, -0.25) is 4.79 Å². The van der Waals surface area contributed by atoms with Crippen LogP contribution in [0.2, 0.25) is 0 Å². The fraction of sp³-hybridized carbons (Fsp3) is 0.500. The molecule has 1 aromatic carbocycles. The van der Waals surface area contributed by atoms with Crippen LogP contribution in [-0.4, -0.2) is 33.3 Å². The number of benzene rings is 1. The molecule has 2 N–H and O–H groups in total. The minimum Gasteiger partial charge on any atom is -0.382 e. The van der Waals surface area contributed by atoms with E-state index in [0.29, 0.717) is 30.5 Å². The minimum atomic E-state index is -0.0597. The maximum absolute atomic E-state index is 12.5. The Bertz CT molecular complexity index is 692. The Morgan fingerprint density at radius 3 is 2.67 bits per heavy atom. The third kappa shape index (κ3) is 4.34. The van der Waals surface area contributed by atoms with Gasteiger partial charge in [0.05, 0.1) is 0 Å². The third-order valence-electron chi connectivity index (χ3n) is 4.40. The Morgan fingerprint density at radius 1 is 1.29 bits per heavy atom. The summed E-state index contributed by atoms with van der Waals surface area (Å²) < 4.78 is 1.86. The van der Waals surface area contributed by atoms with E-state index in [9.17, 15) is 4.79 Å². The first-order valence-electron chi connectivity index (χ1n) is 8.37. The highest BCUT2D eigenvalue weighted by atomic mass is 16.1. The van der Waals surface area contributed by atoms with E-state index in [1.165, 1.54) is 0 Å². The molecule has 1 aromatic heterocycles. The van der Waals surface area contributed by atoms with Gasteiger partial charge in [0, 0.05) is 37.3 Å². The summed E-state index contributed by atoms with van der Waals surface area (Å²) in [4.78, 5) is 12.5. The largest absolute Gasteiger partial charge is 0.382 e. The second-order valence-corrected chi connectivity index (χ2v) is 6.52. The molecular formula is C18H27N5O. The zero-order valence-corrected chi connectivity index (χ0v) is 15.1. The van der Waals surface area contributed by atoms with E-state index in [2.05, 4.69) is 41.6 Å². The van der Waals surface area contributed by atoms with E-state index in [1.807, 2.05) is 36.7 Å². The van der Waals surface area contributed by atoms with Crippen molar-refractivity contribution >= 4 is 11.6 Å². The second-order valence-electron chi connectivity index (χ2n) is 6.52. The van der Waals surface area contributed by atoms with E-state index in [-0.39, 0.29) is 5.91 Å². The lowest BCUT2D eigenvalue weighted by Gasteiger charge is -2.21. The fourth-order valence-electron chi connectivity index (χ4n) is 2.37. The molecule has 0 unspecified atom stereocenters. The normalized spacial score (nSPS) is 12.2. The second kappa shape index (κ2) is 7.95. The van der Waals surface area contributed by atoms with Crippen molar-refractivity contribution in [3.63, 3.8) is 0 Å². The average Bonchev–Trinajstić information content (AvgIpc) is 2.94. The molecule has 0 fully saturated rings. The van der Waals surface area contributed by atoms with Gasteiger partial charge in [-0.1, -0.05) is 19.9 Å². The number of carbonyl (C=O) groups excluding carboxylic acids is 1. The molecule has 1 amide bonds. The Hall–Kier alpha value is -2.37.